The lowest BCUT2D eigenvalue weighted by molar-refractivity contribution is -0.113. The number of ether oxygens (including phenoxy) is 2. The van der Waals surface area contributed by atoms with Crippen LogP contribution >= 0.6 is 0 Å². The molecule has 8 heteroatoms. The van der Waals surface area contributed by atoms with E-state index >= 15 is 0 Å². The van der Waals surface area contributed by atoms with E-state index in [0.717, 1.165) is 30.6 Å². The van der Waals surface area contributed by atoms with Crippen LogP contribution in [0.2, 0.25) is 0 Å². The Morgan fingerprint density at radius 2 is 1.94 bits per heavy atom. The zero-order valence-electron chi connectivity index (χ0n) is 19.2. The zero-order valence-corrected chi connectivity index (χ0v) is 19.2. The van der Waals surface area contributed by atoms with Crippen LogP contribution < -0.4 is 20.1 Å². The Balaban J connectivity index is 1.62. The second-order valence-corrected chi connectivity index (χ2v) is 7.87. The van der Waals surface area contributed by atoms with Crippen molar-refractivity contribution in [1.82, 2.24) is 14.8 Å². The molecule has 1 aliphatic rings. The molecule has 4 rings (SSSR count). The number of unbranched alkanes of at least 4 members (excludes halogenated alkanes) is 2. The number of benzene rings is 2. The van der Waals surface area contributed by atoms with Crippen molar-refractivity contribution in [2.45, 2.75) is 39.2 Å². The number of carbonyl (C=O) groups excluding carboxylic acids is 1. The van der Waals surface area contributed by atoms with Crippen LogP contribution in [0.15, 0.2) is 66.1 Å². The Morgan fingerprint density at radius 3 is 2.70 bits per heavy atom. The largest absolute Gasteiger partial charge is 0.495 e. The van der Waals surface area contributed by atoms with Gasteiger partial charge in [-0.1, -0.05) is 44.0 Å². The summed E-state index contributed by atoms with van der Waals surface area (Å²) in [6.07, 6.45) is 4.82. The average molecular weight is 448 g/mol. The number of hydrogen-bond acceptors (Lipinski definition) is 6. The predicted octanol–water partition coefficient (Wildman–Crippen LogP) is 4.78. The van der Waals surface area contributed by atoms with Gasteiger partial charge in [-0.3, -0.25) is 4.79 Å². The van der Waals surface area contributed by atoms with Crippen LogP contribution in [0.3, 0.4) is 0 Å². The number of amides is 1. The third-order valence-corrected chi connectivity index (χ3v) is 5.61. The van der Waals surface area contributed by atoms with Gasteiger partial charge in [0, 0.05) is 5.70 Å². The summed E-state index contributed by atoms with van der Waals surface area (Å²) in [5, 5.41) is 10.6. The third kappa shape index (κ3) is 4.84. The lowest BCUT2D eigenvalue weighted by Crippen LogP contribution is -2.31. The van der Waals surface area contributed by atoms with E-state index in [-0.39, 0.29) is 5.91 Å². The Morgan fingerprint density at radius 1 is 1.15 bits per heavy atom. The van der Waals surface area contributed by atoms with Crippen molar-refractivity contribution in [3.8, 4) is 11.5 Å². The molecule has 1 aromatic heterocycles. The van der Waals surface area contributed by atoms with Gasteiger partial charge in [0.25, 0.3) is 5.91 Å². The maximum atomic E-state index is 13.5. The lowest BCUT2D eigenvalue weighted by atomic mass is 9.95. The Labute approximate surface area is 193 Å². The Kier molecular flexibility index (Phi) is 6.92. The van der Waals surface area contributed by atoms with Gasteiger partial charge in [0.05, 0.1) is 25.0 Å². The maximum absolute atomic E-state index is 13.5. The van der Waals surface area contributed by atoms with Crippen molar-refractivity contribution in [3.05, 3.63) is 71.7 Å². The molecule has 172 valence electrons. The molecule has 33 heavy (non-hydrogen) atoms. The molecule has 0 spiro atoms. The molecule has 3 aromatic rings. The number of allylic oxidation sites excluding steroid dienone is 1. The quantitative estimate of drug-likeness (QED) is 0.459. The summed E-state index contributed by atoms with van der Waals surface area (Å²) in [4.78, 5) is 17.8. The molecule has 2 aromatic carbocycles. The fourth-order valence-corrected chi connectivity index (χ4v) is 3.92. The molecule has 2 heterocycles. The van der Waals surface area contributed by atoms with Crippen LogP contribution in [0.1, 0.15) is 44.7 Å². The first-order valence-electron chi connectivity index (χ1n) is 11.2. The van der Waals surface area contributed by atoms with Gasteiger partial charge in [0.1, 0.15) is 23.9 Å². The first kappa shape index (κ1) is 22.4. The van der Waals surface area contributed by atoms with Crippen LogP contribution in [-0.2, 0) is 4.79 Å². The van der Waals surface area contributed by atoms with Gasteiger partial charge in [-0.25, -0.2) is 4.68 Å². The lowest BCUT2D eigenvalue weighted by Gasteiger charge is -2.29. The number of para-hydroxylation sites is 2. The molecule has 0 aliphatic carbocycles. The predicted molar refractivity (Wildman–Crippen MR) is 128 cm³/mol. The minimum Gasteiger partial charge on any atom is -0.495 e. The molecule has 0 radical (unpaired) electrons. The van der Waals surface area contributed by atoms with Gasteiger partial charge in [0.15, 0.2) is 0 Å². The summed E-state index contributed by atoms with van der Waals surface area (Å²) < 4.78 is 13.0. The van der Waals surface area contributed by atoms with Crippen molar-refractivity contribution in [2.24, 2.45) is 0 Å². The van der Waals surface area contributed by atoms with Gasteiger partial charge in [-0.2, -0.15) is 10.1 Å². The molecule has 1 amide bonds. The first-order chi connectivity index (χ1) is 16.1. The van der Waals surface area contributed by atoms with Crippen LogP contribution in [0.4, 0.5) is 11.6 Å². The van der Waals surface area contributed by atoms with Crippen LogP contribution in [0.25, 0.3) is 0 Å². The van der Waals surface area contributed by atoms with Crippen molar-refractivity contribution in [3.63, 3.8) is 0 Å². The van der Waals surface area contributed by atoms with E-state index in [0.29, 0.717) is 35.3 Å². The van der Waals surface area contributed by atoms with Crippen molar-refractivity contribution >= 4 is 17.5 Å². The number of carbonyl (C=O) groups is 1. The van der Waals surface area contributed by atoms with E-state index in [1.165, 1.54) is 6.33 Å². The monoisotopic (exact) mass is 447 g/mol. The van der Waals surface area contributed by atoms with E-state index in [2.05, 4.69) is 27.6 Å². The minimum absolute atomic E-state index is 0.240. The zero-order chi connectivity index (χ0) is 23.2. The number of methoxy groups -OCH3 is 1. The van der Waals surface area contributed by atoms with E-state index in [1.807, 2.05) is 55.5 Å². The molecule has 2 N–H and O–H groups in total. The molecule has 0 saturated heterocycles. The highest BCUT2D eigenvalue weighted by Gasteiger charge is 2.33. The van der Waals surface area contributed by atoms with Gasteiger partial charge in [-0.15, -0.1) is 0 Å². The van der Waals surface area contributed by atoms with E-state index in [4.69, 9.17) is 9.47 Å². The maximum Gasteiger partial charge on any atom is 0.255 e. The Hall–Kier alpha value is -3.81. The molecule has 8 nitrogen and oxygen atoms in total. The SMILES string of the molecule is CCCCCOc1ccc([C@H]2C(C(=O)Nc3ccccc3OC)=C(C)Nc3ncnn32)cc1. The smallest absolute Gasteiger partial charge is 0.255 e. The summed E-state index contributed by atoms with van der Waals surface area (Å²) in [5.74, 6) is 1.75. The number of aromatic nitrogens is 3. The summed E-state index contributed by atoms with van der Waals surface area (Å²) >= 11 is 0. The van der Waals surface area contributed by atoms with Gasteiger partial charge >= 0.3 is 0 Å². The number of fused-ring (bicyclic) bond motifs is 1. The van der Waals surface area contributed by atoms with E-state index in [1.54, 1.807) is 11.8 Å². The van der Waals surface area contributed by atoms with Crippen molar-refractivity contribution < 1.29 is 14.3 Å². The second-order valence-electron chi connectivity index (χ2n) is 7.87. The fourth-order valence-electron chi connectivity index (χ4n) is 3.92. The topological polar surface area (TPSA) is 90.3 Å². The fraction of sp³-hybridized carbons (Fsp3) is 0.320. The summed E-state index contributed by atoms with van der Waals surface area (Å²) in [7, 11) is 1.58. The van der Waals surface area contributed by atoms with E-state index in [9.17, 15) is 4.79 Å². The molecule has 0 saturated carbocycles. The second kappa shape index (κ2) is 10.2. The minimum atomic E-state index is -0.437. The standard InChI is InChI=1S/C25H29N5O3/c1-4-5-8-15-33-19-13-11-18(12-14-19)23-22(17(2)28-25-26-16-27-30(23)25)24(31)29-20-9-6-7-10-21(20)32-3/h6-7,9-14,16,23H,4-5,8,15H2,1-3H3,(H,29,31)(H,26,27,28)/t23-/m0/s1. The van der Waals surface area contributed by atoms with Crippen molar-refractivity contribution in [1.29, 1.82) is 0 Å². The summed E-state index contributed by atoms with van der Waals surface area (Å²) in [6.45, 7) is 4.73. The summed E-state index contributed by atoms with van der Waals surface area (Å²) in [5.41, 5.74) is 2.78. The molecule has 1 atom stereocenters. The molecule has 0 unspecified atom stereocenters. The molecular formula is C25H29N5O3. The van der Waals surface area contributed by atoms with Crippen LogP contribution in [0, 0.1) is 0 Å². The van der Waals surface area contributed by atoms with E-state index < -0.39 is 6.04 Å². The molecule has 0 fully saturated rings. The van der Waals surface area contributed by atoms with Gasteiger partial charge < -0.3 is 20.1 Å². The number of hydrogen-bond donors (Lipinski definition) is 2. The van der Waals surface area contributed by atoms with Gasteiger partial charge in [-0.05, 0) is 43.2 Å². The van der Waals surface area contributed by atoms with Crippen LogP contribution in [-0.4, -0.2) is 34.4 Å². The first-order valence-corrected chi connectivity index (χ1v) is 11.2. The van der Waals surface area contributed by atoms with Crippen molar-refractivity contribution in [2.75, 3.05) is 24.4 Å². The number of anilines is 2. The highest BCUT2D eigenvalue weighted by Crippen LogP contribution is 2.36. The molecule has 0 bridgehead atoms. The number of nitrogens with zero attached hydrogens (tertiary/aromatic N) is 3. The number of rotatable bonds is 9. The summed E-state index contributed by atoms with van der Waals surface area (Å²) in [6, 6.07) is 14.7. The third-order valence-electron chi connectivity index (χ3n) is 5.61. The van der Waals surface area contributed by atoms with Crippen LogP contribution in [0.5, 0.6) is 11.5 Å². The average Bonchev–Trinajstić information content (AvgIpc) is 3.29. The Bertz CT molecular complexity index is 1140. The molecule has 1 aliphatic heterocycles. The molecular weight excluding hydrogens is 418 g/mol. The van der Waals surface area contributed by atoms with Gasteiger partial charge in [0.2, 0.25) is 5.95 Å². The highest BCUT2D eigenvalue weighted by atomic mass is 16.5. The number of nitrogens with one attached hydrogen (secondary N) is 2. The normalized spacial score (nSPS) is 14.9. The highest BCUT2D eigenvalue weighted by molar-refractivity contribution is 6.06.